The largest absolute Gasteiger partial charge is 0.486 e. The summed E-state index contributed by atoms with van der Waals surface area (Å²) in [5.74, 6) is 0.0327. The van der Waals surface area contributed by atoms with Crippen molar-refractivity contribution in [3.05, 3.63) is 36.1 Å². The van der Waals surface area contributed by atoms with Crippen LogP contribution >= 0.6 is 0 Å². The maximum Gasteiger partial charge on any atom is 0.145 e. The molecule has 0 saturated carbocycles. The Bertz CT molecular complexity index is 401. The van der Waals surface area contributed by atoms with Crippen LogP contribution in [0.1, 0.15) is 12.8 Å². The Morgan fingerprint density at radius 2 is 2.27 bits per heavy atom. The first-order valence-corrected chi connectivity index (χ1v) is 4.79. The molecule has 78 valence electrons. The van der Waals surface area contributed by atoms with Gasteiger partial charge in [0.2, 0.25) is 0 Å². The predicted octanol–water partition coefficient (Wildman–Crippen LogP) is 2.35. The quantitative estimate of drug-likeness (QED) is 0.760. The van der Waals surface area contributed by atoms with E-state index < -0.39 is 5.82 Å². The van der Waals surface area contributed by atoms with Crippen LogP contribution in [0.25, 0.3) is 0 Å². The Morgan fingerprint density at radius 1 is 1.33 bits per heavy atom. The fourth-order valence-corrected chi connectivity index (χ4v) is 1.28. The number of pyridine rings is 1. The summed E-state index contributed by atoms with van der Waals surface area (Å²) >= 11 is 0. The van der Waals surface area contributed by atoms with Crippen molar-refractivity contribution < 1.29 is 9.13 Å². The van der Waals surface area contributed by atoms with Gasteiger partial charge in [0.15, 0.2) is 0 Å². The van der Waals surface area contributed by atoms with Gasteiger partial charge in [-0.15, -0.1) is 0 Å². The molecule has 4 heteroatoms. The minimum atomic E-state index is -0.395. The van der Waals surface area contributed by atoms with Gasteiger partial charge in [0, 0.05) is 12.3 Å². The molecule has 0 amide bonds. The lowest BCUT2D eigenvalue weighted by molar-refractivity contribution is 0.346. The lowest BCUT2D eigenvalue weighted by Gasteiger charge is -2.08. The van der Waals surface area contributed by atoms with Crippen LogP contribution in [0, 0.1) is 5.82 Å². The molecular formula is C11H11FN2O. The van der Waals surface area contributed by atoms with E-state index >= 15 is 0 Å². The number of allylic oxidation sites excluding steroid dienone is 1. The van der Waals surface area contributed by atoms with E-state index in [1.54, 1.807) is 0 Å². The van der Waals surface area contributed by atoms with Crippen molar-refractivity contribution in [2.45, 2.75) is 12.8 Å². The summed E-state index contributed by atoms with van der Waals surface area (Å²) < 4.78 is 18.1. The van der Waals surface area contributed by atoms with Crippen LogP contribution in [0.4, 0.5) is 4.39 Å². The number of ether oxygens (including phenoxy) is 1. The van der Waals surface area contributed by atoms with E-state index in [1.807, 2.05) is 12.3 Å². The molecule has 15 heavy (non-hydrogen) atoms. The van der Waals surface area contributed by atoms with Crippen LogP contribution in [-0.4, -0.2) is 17.8 Å². The number of nitrogens with zero attached hydrogens (tertiary/aromatic N) is 2. The second kappa shape index (κ2) is 4.68. The van der Waals surface area contributed by atoms with Gasteiger partial charge in [0.05, 0.1) is 18.1 Å². The molecule has 0 spiro atoms. The average molecular weight is 206 g/mol. The minimum absolute atomic E-state index is 0.363. The van der Waals surface area contributed by atoms with Crippen LogP contribution in [0.3, 0.4) is 0 Å². The Labute approximate surface area is 87.3 Å². The van der Waals surface area contributed by atoms with Gasteiger partial charge in [-0.25, -0.2) is 4.39 Å². The zero-order valence-corrected chi connectivity index (χ0v) is 8.19. The van der Waals surface area contributed by atoms with Crippen molar-refractivity contribution in [3.63, 3.8) is 0 Å². The monoisotopic (exact) mass is 206 g/mol. The molecule has 0 saturated heterocycles. The average Bonchev–Trinajstić information content (AvgIpc) is 2.28. The molecule has 1 aliphatic heterocycles. The molecule has 2 rings (SSSR count). The van der Waals surface area contributed by atoms with Crippen molar-refractivity contribution in [3.8, 4) is 5.75 Å². The Balaban J connectivity index is 1.93. The third-order valence-electron chi connectivity index (χ3n) is 2.00. The molecule has 0 unspecified atom stereocenters. The summed E-state index contributed by atoms with van der Waals surface area (Å²) in [4.78, 5) is 7.85. The Kier molecular flexibility index (Phi) is 3.07. The van der Waals surface area contributed by atoms with Crippen LogP contribution in [0.2, 0.25) is 0 Å². The van der Waals surface area contributed by atoms with Gasteiger partial charge in [-0.2, -0.15) is 0 Å². The van der Waals surface area contributed by atoms with E-state index in [0.29, 0.717) is 12.4 Å². The zero-order valence-electron chi connectivity index (χ0n) is 8.19. The highest BCUT2D eigenvalue weighted by Gasteiger charge is 2.01. The molecule has 1 aromatic heterocycles. The number of aromatic nitrogens is 1. The summed E-state index contributed by atoms with van der Waals surface area (Å²) in [6.45, 7) is 0.363. The molecule has 3 nitrogen and oxygen atoms in total. The van der Waals surface area contributed by atoms with Crippen molar-refractivity contribution in [2.75, 3.05) is 6.61 Å². The van der Waals surface area contributed by atoms with E-state index in [1.165, 1.54) is 12.3 Å². The van der Waals surface area contributed by atoms with Gasteiger partial charge in [0.25, 0.3) is 0 Å². The molecule has 0 bridgehead atoms. The molecule has 0 fully saturated rings. The zero-order chi connectivity index (χ0) is 10.5. The lowest BCUT2D eigenvalue weighted by atomic mass is 10.2. The number of hydrogen-bond donors (Lipinski definition) is 0. The normalized spacial score (nSPS) is 14.9. The third-order valence-corrected chi connectivity index (χ3v) is 2.00. The summed E-state index contributed by atoms with van der Waals surface area (Å²) in [6.07, 6.45) is 8.48. The van der Waals surface area contributed by atoms with Gasteiger partial charge < -0.3 is 4.74 Å². The highest BCUT2D eigenvalue weighted by atomic mass is 19.1. The molecule has 0 radical (unpaired) electrons. The van der Waals surface area contributed by atoms with Crippen LogP contribution < -0.4 is 4.74 Å². The van der Waals surface area contributed by atoms with Crippen molar-refractivity contribution in [2.24, 2.45) is 4.99 Å². The summed E-state index contributed by atoms with van der Waals surface area (Å²) in [6, 6.07) is 1.31. The van der Waals surface area contributed by atoms with E-state index in [0.717, 1.165) is 24.7 Å². The van der Waals surface area contributed by atoms with E-state index in [9.17, 15) is 4.39 Å². The van der Waals surface area contributed by atoms with Crippen molar-refractivity contribution in [1.82, 2.24) is 4.98 Å². The fraction of sp³-hybridized carbons (Fsp3) is 0.273. The van der Waals surface area contributed by atoms with E-state index in [2.05, 4.69) is 9.98 Å². The first-order valence-electron chi connectivity index (χ1n) is 4.79. The smallest absolute Gasteiger partial charge is 0.145 e. The Morgan fingerprint density at radius 3 is 3.00 bits per heavy atom. The fourth-order valence-electron chi connectivity index (χ4n) is 1.28. The number of hydrogen-bond acceptors (Lipinski definition) is 3. The minimum Gasteiger partial charge on any atom is -0.486 e. The lowest BCUT2D eigenvalue weighted by Crippen LogP contribution is -2.02. The van der Waals surface area contributed by atoms with Crippen molar-refractivity contribution >= 4 is 6.21 Å². The molecule has 1 aliphatic rings. The standard InChI is InChI=1S/C11H11FN2O/c12-9-5-11(7-13-6-9)15-8-10-3-1-2-4-14-10/h3-7H,1-2,8H2. The molecular weight excluding hydrogens is 195 g/mol. The molecule has 0 atom stereocenters. The van der Waals surface area contributed by atoms with Gasteiger partial charge in [-0.05, 0) is 12.8 Å². The second-order valence-corrected chi connectivity index (χ2v) is 3.21. The highest BCUT2D eigenvalue weighted by Crippen LogP contribution is 2.13. The topological polar surface area (TPSA) is 34.5 Å². The summed E-state index contributed by atoms with van der Waals surface area (Å²) in [7, 11) is 0. The number of aliphatic imine (C=N–C) groups is 1. The van der Waals surface area contributed by atoms with Gasteiger partial charge in [-0.3, -0.25) is 9.98 Å². The molecule has 0 N–H and O–H groups in total. The van der Waals surface area contributed by atoms with Crippen LogP contribution in [0.5, 0.6) is 5.75 Å². The maximum absolute atomic E-state index is 12.7. The summed E-state index contributed by atoms with van der Waals surface area (Å²) in [5, 5.41) is 0. The predicted molar refractivity (Wildman–Crippen MR) is 55.5 cm³/mol. The first kappa shape index (κ1) is 9.83. The third kappa shape index (κ3) is 2.87. The van der Waals surface area contributed by atoms with Crippen molar-refractivity contribution in [1.29, 1.82) is 0 Å². The number of halogens is 1. The molecule has 1 aromatic rings. The van der Waals surface area contributed by atoms with Crippen LogP contribution in [-0.2, 0) is 0 Å². The van der Waals surface area contributed by atoms with E-state index in [4.69, 9.17) is 4.74 Å². The van der Waals surface area contributed by atoms with E-state index in [-0.39, 0.29) is 0 Å². The molecule has 0 aromatic carbocycles. The van der Waals surface area contributed by atoms with Gasteiger partial charge >= 0.3 is 0 Å². The molecule has 0 aliphatic carbocycles. The highest BCUT2D eigenvalue weighted by molar-refractivity contribution is 5.60. The summed E-state index contributed by atoms with van der Waals surface area (Å²) in [5.41, 5.74) is 0.880. The second-order valence-electron chi connectivity index (χ2n) is 3.21. The van der Waals surface area contributed by atoms with Gasteiger partial charge in [0.1, 0.15) is 18.2 Å². The number of rotatable bonds is 3. The molecule has 2 heterocycles. The maximum atomic E-state index is 12.7. The van der Waals surface area contributed by atoms with Crippen LogP contribution in [0.15, 0.2) is 35.2 Å². The SMILES string of the molecule is Fc1cncc(OCC2=CCCC=N2)c1. The Hall–Kier alpha value is -1.71. The first-order chi connectivity index (χ1) is 7.34. The van der Waals surface area contributed by atoms with Gasteiger partial charge in [-0.1, -0.05) is 6.08 Å².